The number of hydrogen-bond donors (Lipinski definition) is 0. The van der Waals surface area contributed by atoms with E-state index in [1.54, 1.807) is 12.1 Å². The summed E-state index contributed by atoms with van der Waals surface area (Å²) in [7, 11) is 0. The molecule has 1 heterocycles. The number of nitro groups is 1. The van der Waals surface area contributed by atoms with Gasteiger partial charge < -0.3 is 14.4 Å². The van der Waals surface area contributed by atoms with Gasteiger partial charge in [-0.3, -0.25) is 19.7 Å². The number of esters is 2. The van der Waals surface area contributed by atoms with Crippen molar-refractivity contribution in [1.82, 2.24) is 10.2 Å². The van der Waals surface area contributed by atoms with E-state index in [-0.39, 0.29) is 30.8 Å². The Morgan fingerprint density at radius 3 is 1.66 bits per heavy atom. The Hall–Kier alpha value is -5.04. The van der Waals surface area contributed by atoms with Crippen molar-refractivity contribution in [3.8, 4) is 21.1 Å². The first kappa shape index (κ1) is 29.0. The van der Waals surface area contributed by atoms with Gasteiger partial charge in [0.25, 0.3) is 5.69 Å². The monoisotopic (exact) mass is 574 g/mol. The Kier molecular flexibility index (Phi) is 9.78. The quantitative estimate of drug-likeness (QED) is 0.0842. The summed E-state index contributed by atoms with van der Waals surface area (Å²) in [4.78, 5) is 34.6. The van der Waals surface area contributed by atoms with Crippen molar-refractivity contribution < 1.29 is 24.0 Å². The fourth-order valence-electron chi connectivity index (χ4n) is 3.67. The van der Waals surface area contributed by atoms with E-state index in [9.17, 15) is 19.7 Å². The zero-order chi connectivity index (χ0) is 29.2. The Labute approximate surface area is 239 Å². The number of rotatable bonds is 12. The molecule has 0 atom stereocenters. The molecule has 0 radical (unpaired) electrons. The lowest BCUT2D eigenvalue weighted by Gasteiger charge is -2.24. The highest BCUT2D eigenvalue weighted by Crippen LogP contribution is 2.32. The minimum atomic E-state index is -0.441. The second-order valence-electron chi connectivity index (χ2n) is 8.65. The molecule has 3 aromatic carbocycles. The summed E-state index contributed by atoms with van der Waals surface area (Å²) in [5.41, 5.74) is 3.80. The molecular formula is C28H26N6O6S. The van der Waals surface area contributed by atoms with Gasteiger partial charge in [0.05, 0.1) is 29.4 Å². The molecule has 4 rings (SSSR count). The normalized spacial score (nSPS) is 10.9. The molecule has 1 aromatic heterocycles. The van der Waals surface area contributed by atoms with Crippen LogP contribution in [0.25, 0.3) is 21.1 Å². The highest BCUT2D eigenvalue weighted by Gasteiger charge is 2.12. The molecule has 12 nitrogen and oxygen atoms in total. The fourth-order valence-corrected chi connectivity index (χ4v) is 4.52. The molecule has 13 heteroatoms. The van der Waals surface area contributed by atoms with Crippen LogP contribution in [0, 0.1) is 10.1 Å². The Bertz CT molecular complexity index is 1500. The first-order valence-corrected chi connectivity index (χ1v) is 13.3. The van der Waals surface area contributed by atoms with Gasteiger partial charge in [-0.05, 0) is 60.7 Å². The van der Waals surface area contributed by atoms with Gasteiger partial charge in [0.1, 0.15) is 23.2 Å². The van der Waals surface area contributed by atoms with Gasteiger partial charge in [-0.2, -0.15) is 10.2 Å². The van der Waals surface area contributed by atoms with Gasteiger partial charge in [0.2, 0.25) is 0 Å². The summed E-state index contributed by atoms with van der Waals surface area (Å²) in [6.07, 6.45) is 0. The number of carbonyl (C=O) groups is 2. The van der Waals surface area contributed by atoms with E-state index in [1.807, 2.05) is 53.4 Å². The molecule has 0 N–H and O–H groups in total. The van der Waals surface area contributed by atoms with Crippen LogP contribution in [0.4, 0.5) is 22.7 Å². The van der Waals surface area contributed by atoms with Crippen molar-refractivity contribution in [3.63, 3.8) is 0 Å². The minimum absolute atomic E-state index is 0.0219. The zero-order valence-corrected chi connectivity index (χ0v) is 23.1. The Balaban J connectivity index is 1.38. The lowest BCUT2D eigenvalue weighted by molar-refractivity contribution is -0.384. The summed E-state index contributed by atoms with van der Waals surface area (Å²) in [5.74, 6) is -0.715. The molecule has 0 aliphatic heterocycles. The van der Waals surface area contributed by atoms with Gasteiger partial charge in [-0.15, -0.1) is 10.2 Å². The molecule has 0 spiro atoms. The second kappa shape index (κ2) is 13.8. The molecule has 0 bridgehead atoms. The van der Waals surface area contributed by atoms with Gasteiger partial charge >= 0.3 is 11.9 Å². The average molecular weight is 575 g/mol. The minimum Gasteiger partial charge on any atom is -0.464 e. The first-order chi connectivity index (χ1) is 19.8. The predicted molar refractivity (Wildman–Crippen MR) is 154 cm³/mol. The van der Waals surface area contributed by atoms with Crippen LogP contribution in [0.5, 0.6) is 0 Å². The highest BCUT2D eigenvalue weighted by atomic mass is 32.1. The topological polar surface area (TPSA) is 149 Å². The van der Waals surface area contributed by atoms with E-state index in [4.69, 9.17) is 9.47 Å². The van der Waals surface area contributed by atoms with Crippen LogP contribution in [-0.2, 0) is 19.1 Å². The van der Waals surface area contributed by atoms with Crippen molar-refractivity contribution in [2.75, 3.05) is 31.2 Å². The summed E-state index contributed by atoms with van der Waals surface area (Å²) in [6, 6.07) is 21.0. The van der Waals surface area contributed by atoms with E-state index in [0.717, 1.165) is 16.8 Å². The SMILES string of the molecule is CC(=O)OCCN(CCOC(C)=O)c1ccc(N=Nc2ccc(-c3nnc(-c4ccc([N+](=O)[O-])cc4)s3)cc2)cc1. The number of anilines is 1. The summed E-state index contributed by atoms with van der Waals surface area (Å²) < 4.78 is 10.1. The molecule has 0 unspecified atom stereocenters. The molecule has 0 amide bonds. The Morgan fingerprint density at radius 1 is 0.780 bits per heavy atom. The van der Waals surface area contributed by atoms with E-state index < -0.39 is 4.92 Å². The van der Waals surface area contributed by atoms with E-state index >= 15 is 0 Å². The van der Waals surface area contributed by atoms with Crippen molar-refractivity contribution in [3.05, 3.63) is 82.9 Å². The van der Waals surface area contributed by atoms with Gasteiger partial charge in [0, 0.05) is 42.8 Å². The van der Waals surface area contributed by atoms with Gasteiger partial charge in [-0.1, -0.05) is 11.3 Å². The third kappa shape index (κ3) is 8.47. The molecule has 0 aliphatic rings. The van der Waals surface area contributed by atoms with Gasteiger partial charge in [-0.25, -0.2) is 0 Å². The van der Waals surface area contributed by atoms with E-state index in [1.165, 1.54) is 37.3 Å². The summed E-state index contributed by atoms with van der Waals surface area (Å²) >= 11 is 1.39. The lowest BCUT2D eigenvalue weighted by atomic mass is 10.2. The van der Waals surface area contributed by atoms with Crippen LogP contribution in [0.1, 0.15) is 13.8 Å². The molecule has 41 heavy (non-hydrogen) atoms. The van der Waals surface area contributed by atoms with Crippen LogP contribution >= 0.6 is 11.3 Å². The third-order valence-corrected chi connectivity index (χ3v) is 6.71. The number of hydrogen-bond acceptors (Lipinski definition) is 12. The number of aromatic nitrogens is 2. The number of benzene rings is 3. The molecule has 0 saturated carbocycles. The maximum Gasteiger partial charge on any atom is 0.302 e. The fraction of sp³-hybridized carbons (Fsp3) is 0.214. The summed E-state index contributed by atoms with van der Waals surface area (Å²) in [6.45, 7) is 4.01. The average Bonchev–Trinajstić information content (AvgIpc) is 3.46. The van der Waals surface area contributed by atoms with Crippen LogP contribution in [0.15, 0.2) is 83.0 Å². The number of ether oxygens (including phenoxy) is 2. The zero-order valence-electron chi connectivity index (χ0n) is 22.3. The lowest BCUT2D eigenvalue weighted by Crippen LogP contribution is -2.31. The van der Waals surface area contributed by atoms with Crippen molar-refractivity contribution >= 4 is 46.0 Å². The molecule has 0 fully saturated rings. The molecule has 0 saturated heterocycles. The third-order valence-electron chi connectivity index (χ3n) is 5.69. The first-order valence-electron chi connectivity index (χ1n) is 12.5. The maximum absolute atomic E-state index is 11.1. The molecule has 4 aromatic rings. The second-order valence-corrected chi connectivity index (χ2v) is 9.62. The van der Waals surface area contributed by atoms with Crippen molar-refractivity contribution in [2.45, 2.75) is 13.8 Å². The molecular weight excluding hydrogens is 548 g/mol. The van der Waals surface area contributed by atoms with Gasteiger partial charge in [0.15, 0.2) is 0 Å². The van der Waals surface area contributed by atoms with Crippen LogP contribution < -0.4 is 4.90 Å². The largest absolute Gasteiger partial charge is 0.464 e. The van der Waals surface area contributed by atoms with Crippen LogP contribution in [0.3, 0.4) is 0 Å². The predicted octanol–water partition coefficient (Wildman–Crippen LogP) is 6.13. The highest BCUT2D eigenvalue weighted by molar-refractivity contribution is 7.17. The maximum atomic E-state index is 11.1. The number of non-ortho nitro benzene ring substituents is 1. The number of azo groups is 1. The smallest absolute Gasteiger partial charge is 0.302 e. The van der Waals surface area contributed by atoms with Crippen LogP contribution in [0.2, 0.25) is 0 Å². The number of nitrogens with zero attached hydrogens (tertiary/aromatic N) is 6. The van der Waals surface area contributed by atoms with Crippen LogP contribution in [-0.4, -0.2) is 53.4 Å². The standard InChI is InChI=1S/C28H26N6O6S/c1-19(35)39-17-15-33(16-18-40-20(2)36)25-13-9-24(10-14-25)30-29-23-7-3-21(4-8-23)27-31-32-28(41-27)22-5-11-26(12-6-22)34(37)38/h3-14H,15-18H2,1-2H3. The van der Waals surface area contributed by atoms with E-state index in [2.05, 4.69) is 20.4 Å². The Morgan fingerprint density at radius 2 is 1.22 bits per heavy atom. The number of nitro benzene ring substituents is 1. The number of carbonyl (C=O) groups excluding carboxylic acids is 2. The molecule has 210 valence electrons. The van der Waals surface area contributed by atoms with Crippen molar-refractivity contribution in [2.24, 2.45) is 10.2 Å². The van der Waals surface area contributed by atoms with E-state index in [0.29, 0.717) is 34.5 Å². The molecule has 0 aliphatic carbocycles. The van der Waals surface area contributed by atoms with Crippen molar-refractivity contribution in [1.29, 1.82) is 0 Å². The summed E-state index contributed by atoms with van der Waals surface area (Å²) in [5, 5.41) is 29.3.